The van der Waals surface area contributed by atoms with E-state index in [-0.39, 0.29) is 16.9 Å². The molecule has 19 heavy (non-hydrogen) atoms. The number of ketones is 1. The molecule has 0 bridgehead atoms. The van der Waals surface area contributed by atoms with Crippen molar-refractivity contribution in [3.05, 3.63) is 27.3 Å². The molecular weight excluding hydrogens is 256 g/mol. The monoisotopic (exact) mass is 268 g/mol. The van der Waals surface area contributed by atoms with E-state index in [1.165, 1.54) is 7.11 Å². The summed E-state index contributed by atoms with van der Waals surface area (Å²) in [5.41, 5.74) is 4.01. The van der Waals surface area contributed by atoms with Crippen molar-refractivity contribution in [1.82, 2.24) is 0 Å². The number of esters is 1. The summed E-state index contributed by atoms with van der Waals surface area (Å²) >= 11 is 0. The minimum absolute atomic E-state index is 0.0554. The Hall–Kier alpha value is -2.64. The number of hydrogen-bond acceptors (Lipinski definition) is 7. The quantitative estimate of drug-likeness (QED) is 0.286. The number of methoxy groups -OCH3 is 2. The zero-order chi connectivity index (χ0) is 14.7. The van der Waals surface area contributed by atoms with Gasteiger partial charge in [-0.05, 0) is 13.0 Å². The lowest BCUT2D eigenvalue weighted by atomic mass is 10.0. The average molecular weight is 268 g/mol. The molecule has 102 valence electrons. The molecule has 0 heterocycles. The summed E-state index contributed by atoms with van der Waals surface area (Å²) in [5.74, 6) is -1.50. The van der Waals surface area contributed by atoms with Gasteiger partial charge in [-0.15, -0.1) is 0 Å². The number of rotatable bonds is 4. The summed E-state index contributed by atoms with van der Waals surface area (Å²) in [6.07, 6.45) is 0. The van der Waals surface area contributed by atoms with Crippen molar-refractivity contribution in [3.8, 4) is 5.75 Å². The predicted molar refractivity (Wildman–Crippen MR) is 65.4 cm³/mol. The molecule has 0 radical (unpaired) electrons. The Morgan fingerprint density at radius 2 is 1.95 bits per heavy atom. The maximum atomic E-state index is 11.6. The lowest BCUT2D eigenvalue weighted by Crippen LogP contribution is -2.13. The zero-order valence-corrected chi connectivity index (χ0v) is 10.6. The first-order chi connectivity index (χ1) is 8.84. The average Bonchev–Trinajstić information content (AvgIpc) is 2.35. The van der Waals surface area contributed by atoms with Crippen LogP contribution in [0.4, 0.5) is 11.4 Å². The Morgan fingerprint density at radius 3 is 2.32 bits per heavy atom. The van der Waals surface area contributed by atoms with E-state index in [2.05, 4.69) is 4.74 Å². The molecule has 1 aromatic rings. The fourth-order valence-corrected chi connectivity index (χ4v) is 1.61. The normalized spacial score (nSPS) is 9.84. The molecule has 0 aromatic heterocycles. The van der Waals surface area contributed by atoms with Crippen LogP contribution >= 0.6 is 0 Å². The van der Waals surface area contributed by atoms with Gasteiger partial charge in [-0.25, -0.2) is 4.79 Å². The number of Topliss-reactive ketones (excluding diaryl/α,β-unsaturated/α-hetero) is 1. The summed E-state index contributed by atoms with van der Waals surface area (Å²) in [5, 5.41) is 11.0. The highest BCUT2D eigenvalue weighted by atomic mass is 16.6. The maximum absolute atomic E-state index is 11.6. The predicted octanol–water partition coefficient (Wildman–Crippen LogP) is 1.17. The van der Waals surface area contributed by atoms with Gasteiger partial charge in [0.2, 0.25) is 0 Å². The molecule has 1 rings (SSSR count). The Bertz CT molecular complexity index is 567. The van der Waals surface area contributed by atoms with Gasteiger partial charge in [0, 0.05) is 0 Å². The molecule has 0 unspecified atom stereocenters. The molecule has 8 nitrogen and oxygen atoms in total. The molecule has 0 saturated carbocycles. The minimum Gasteiger partial charge on any atom is -0.496 e. The van der Waals surface area contributed by atoms with Crippen molar-refractivity contribution in [2.24, 2.45) is 0 Å². The molecule has 0 saturated heterocycles. The van der Waals surface area contributed by atoms with E-state index in [4.69, 9.17) is 10.5 Å². The van der Waals surface area contributed by atoms with E-state index >= 15 is 0 Å². The second-order valence-electron chi connectivity index (χ2n) is 3.57. The summed E-state index contributed by atoms with van der Waals surface area (Å²) in [6, 6.07) is 1.10. The number of nitro groups is 1. The van der Waals surface area contributed by atoms with E-state index in [1.807, 2.05) is 0 Å². The SMILES string of the molecule is COC(=O)c1c(OC)cc(C(C)=O)c([N+](=O)[O-])c1N. The van der Waals surface area contributed by atoms with Crippen molar-refractivity contribution >= 4 is 23.1 Å². The van der Waals surface area contributed by atoms with Gasteiger partial charge in [0.25, 0.3) is 0 Å². The Kier molecular flexibility index (Phi) is 4.05. The molecule has 0 aliphatic heterocycles. The summed E-state index contributed by atoms with van der Waals surface area (Å²) in [4.78, 5) is 33.2. The third-order valence-corrected chi connectivity index (χ3v) is 2.47. The van der Waals surface area contributed by atoms with Crippen molar-refractivity contribution in [2.45, 2.75) is 6.92 Å². The first-order valence-corrected chi connectivity index (χ1v) is 5.09. The van der Waals surface area contributed by atoms with Crippen LogP contribution in [0.15, 0.2) is 6.07 Å². The fraction of sp³-hybridized carbons (Fsp3) is 0.273. The van der Waals surface area contributed by atoms with Crippen LogP contribution in [-0.4, -0.2) is 30.9 Å². The van der Waals surface area contributed by atoms with Crippen LogP contribution in [0.2, 0.25) is 0 Å². The number of ether oxygens (including phenoxy) is 2. The fourth-order valence-electron chi connectivity index (χ4n) is 1.61. The highest BCUT2D eigenvalue weighted by molar-refractivity contribution is 6.07. The highest BCUT2D eigenvalue weighted by Crippen LogP contribution is 2.37. The largest absolute Gasteiger partial charge is 0.496 e. The maximum Gasteiger partial charge on any atom is 0.344 e. The standard InChI is InChI=1S/C11H12N2O6/c1-5(14)6-4-7(18-2)8(11(15)19-3)9(12)10(6)13(16)17/h4H,12H2,1-3H3. The third-order valence-electron chi connectivity index (χ3n) is 2.47. The number of carbonyl (C=O) groups is 2. The van der Waals surface area contributed by atoms with E-state index < -0.39 is 28.1 Å². The van der Waals surface area contributed by atoms with Crippen LogP contribution in [0.3, 0.4) is 0 Å². The number of nitrogen functional groups attached to an aromatic ring is 1. The number of nitrogens with two attached hydrogens (primary N) is 1. The van der Waals surface area contributed by atoms with E-state index in [1.54, 1.807) is 0 Å². The summed E-state index contributed by atoms with van der Waals surface area (Å²) < 4.78 is 9.41. The molecule has 0 spiro atoms. The lowest BCUT2D eigenvalue weighted by Gasteiger charge is -2.12. The van der Waals surface area contributed by atoms with Gasteiger partial charge in [0.15, 0.2) is 5.78 Å². The van der Waals surface area contributed by atoms with Crippen LogP contribution in [-0.2, 0) is 4.74 Å². The van der Waals surface area contributed by atoms with E-state index in [9.17, 15) is 19.7 Å². The van der Waals surface area contributed by atoms with Gasteiger partial charge >= 0.3 is 11.7 Å². The molecule has 8 heteroatoms. The molecule has 2 N–H and O–H groups in total. The van der Waals surface area contributed by atoms with Gasteiger partial charge in [-0.2, -0.15) is 0 Å². The van der Waals surface area contributed by atoms with Gasteiger partial charge in [0.05, 0.1) is 19.1 Å². The minimum atomic E-state index is -0.882. The van der Waals surface area contributed by atoms with E-state index in [0.717, 1.165) is 20.1 Å². The number of anilines is 1. The van der Waals surface area contributed by atoms with Crippen LogP contribution in [0.1, 0.15) is 27.6 Å². The van der Waals surface area contributed by atoms with Crippen molar-refractivity contribution in [2.75, 3.05) is 20.0 Å². The van der Waals surface area contributed by atoms with Gasteiger partial charge in [-0.3, -0.25) is 14.9 Å². The molecular formula is C11H12N2O6. The number of nitrogens with zero attached hydrogens (tertiary/aromatic N) is 1. The Morgan fingerprint density at radius 1 is 1.37 bits per heavy atom. The smallest absolute Gasteiger partial charge is 0.344 e. The first-order valence-electron chi connectivity index (χ1n) is 5.09. The van der Waals surface area contributed by atoms with E-state index in [0.29, 0.717) is 0 Å². The third kappa shape index (κ3) is 2.46. The molecule has 0 aliphatic rings. The Labute approximate surface area is 108 Å². The van der Waals surface area contributed by atoms with Crippen LogP contribution in [0.25, 0.3) is 0 Å². The molecule has 0 aliphatic carbocycles. The van der Waals surface area contributed by atoms with Crippen LogP contribution in [0, 0.1) is 10.1 Å². The van der Waals surface area contributed by atoms with Crippen LogP contribution < -0.4 is 10.5 Å². The number of benzene rings is 1. The zero-order valence-electron chi connectivity index (χ0n) is 10.6. The Balaban J connectivity index is 3.77. The molecule has 0 atom stereocenters. The topological polar surface area (TPSA) is 122 Å². The molecule has 0 amide bonds. The highest BCUT2D eigenvalue weighted by Gasteiger charge is 2.30. The van der Waals surface area contributed by atoms with Gasteiger partial charge in [0.1, 0.15) is 22.6 Å². The number of hydrogen-bond donors (Lipinski definition) is 1. The number of carbonyl (C=O) groups excluding carboxylic acids is 2. The lowest BCUT2D eigenvalue weighted by molar-refractivity contribution is -0.384. The molecule has 1 aromatic carbocycles. The van der Waals surface area contributed by atoms with Crippen LogP contribution in [0.5, 0.6) is 5.75 Å². The second-order valence-corrected chi connectivity index (χ2v) is 3.57. The first kappa shape index (κ1) is 14.4. The van der Waals surface area contributed by atoms with Crippen molar-refractivity contribution < 1.29 is 24.0 Å². The summed E-state index contributed by atoms with van der Waals surface area (Å²) in [7, 11) is 2.35. The number of nitro benzene ring substituents is 1. The van der Waals surface area contributed by atoms with Gasteiger partial charge < -0.3 is 15.2 Å². The molecule has 0 fully saturated rings. The van der Waals surface area contributed by atoms with Crippen molar-refractivity contribution in [3.63, 3.8) is 0 Å². The second kappa shape index (κ2) is 5.34. The summed E-state index contributed by atoms with van der Waals surface area (Å²) in [6.45, 7) is 1.15. The van der Waals surface area contributed by atoms with Crippen molar-refractivity contribution in [1.29, 1.82) is 0 Å². The van der Waals surface area contributed by atoms with Gasteiger partial charge in [-0.1, -0.05) is 0 Å².